The predicted octanol–water partition coefficient (Wildman–Crippen LogP) is 0.843. The van der Waals surface area contributed by atoms with Crippen molar-refractivity contribution in [1.82, 2.24) is 9.21 Å². The van der Waals surface area contributed by atoms with Crippen LogP contribution in [0.2, 0.25) is 0 Å². The van der Waals surface area contributed by atoms with E-state index in [9.17, 15) is 8.42 Å². The molecule has 0 unspecified atom stereocenters. The van der Waals surface area contributed by atoms with E-state index in [1.165, 1.54) is 0 Å². The van der Waals surface area contributed by atoms with Crippen molar-refractivity contribution in [2.75, 3.05) is 33.7 Å². The summed E-state index contributed by atoms with van der Waals surface area (Å²) in [6.45, 7) is 3.60. The number of rotatable bonds is 8. The third-order valence-electron chi connectivity index (χ3n) is 2.10. The molecule has 0 rings (SSSR count). The lowest BCUT2D eigenvalue weighted by Gasteiger charge is -2.19. The molecule has 0 fully saturated rings. The Morgan fingerprint density at radius 2 is 1.60 bits per heavy atom. The first-order valence-corrected chi connectivity index (χ1v) is 6.65. The molecule has 0 saturated heterocycles. The van der Waals surface area contributed by atoms with Gasteiger partial charge in [0.1, 0.15) is 0 Å². The van der Waals surface area contributed by atoms with Gasteiger partial charge in [0.25, 0.3) is 0 Å². The quantitative estimate of drug-likeness (QED) is 0.637. The lowest BCUT2D eigenvalue weighted by atomic mass is 10.3. The minimum atomic E-state index is -4.02. The van der Waals surface area contributed by atoms with E-state index >= 15 is 0 Å². The van der Waals surface area contributed by atoms with Gasteiger partial charge in [0.05, 0.1) is 0 Å². The van der Waals surface area contributed by atoms with E-state index in [4.69, 9.17) is 4.55 Å². The van der Waals surface area contributed by atoms with Gasteiger partial charge in [-0.15, -0.1) is 0 Å². The maximum absolute atomic E-state index is 11.0. The van der Waals surface area contributed by atoms with Crippen LogP contribution in [0.4, 0.5) is 0 Å². The molecule has 0 aromatic carbocycles. The van der Waals surface area contributed by atoms with Crippen molar-refractivity contribution in [3.63, 3.8) is 0 Å². The standard InChI is InChI=1S/C9H22N2O3S/c1-4-5-8-11(15(12,13)14)9-6-7-10(2)3/h4-9H2,1-3H3,(H,12,13,14). The Balaban J connectivity index is 4.03. The van der Waals surface area contributed by atoms with Gasteiger partial charge in [0, 0.05) is 13.1 Å². The van der Waals surface area contributed by atoms with Gasteiger partial charge in [-0.25, -0.2) is 0 Å². The predicted molar refractivity (Wildman–Crippen MR) is 61.2 cm³/mol. The second-order valence-electron chi connectivity index (χ2n) is 3.89. The second-order valence-corrected chi connectivity index (χ2v) is 5.30. The monoisotopic (exact) mass is 238 g/mol. The molecule has 0 aromatic heterocycles. The molecule has 0 aliphatic rings. The molecule has 15 heavy (non-hydrogen) atoms. The van der Waals surface area contributed by atoms with Crippen LogP contribution in [0.25, 0.3) is 0 Å². The molecule has 0 spiro atoms. The zero-order chi connectivity index (χ0) is 11.9. The minimum absolute atomic E-state index is 0.386. The first-order chi connectivity index (χ1) is 6.88. The summed E-state index contributed by atoms with van der Waals surface area (Å²) in [4.78, 5) is 1.99. The fourth-order valence-electron chi connectivity index (χ4n) is 1.24. The van der Waals surface area contributed by atoms with Crippen LogP contribution in [0.3, 0.4) is 0 Å². The van der Waals surface area contributed by atoms with E-state index in [0.29, 0.717) is 13.1 Å². The molecule has 0 aliphatic heterocycles. The summed E-state index contributed by atoms with van der Waals surface area (Å²) in [6, 6.07) is 0. The fraction of sp³-hybridized carbons (Fsp3) is 1.00. The van der Waals surface area contributed by atoms with Gasteiger partial charge >= 0.3 is 10.3 Å². The van der Waals surface area contributed by atoms with Crippen LogP contribution in [-0.4, -0.2) is 55.9 Å². The first kappa shape index (κ1) is 14.8. The summed E-state index contributed by atoms with van der Waals surface area (Å²) in [5, 5.41) is 0. The Morgan fingerprint density at radius 3 is 2.00 bits per heavy atom. The summed E-state index contributed by atoms with van der Waals surface area (Å²) in [5.41, 5.74) is 0. The summed E-state index contributed by atoms with van der Waals surface area (Å²) >= 11 is 0. The molecule has 0 atom stereocenters. The van der Waals surface area contributed by atoms with Crippen molar-refractivity contribution < 1.29 is 13.0 Å². The number of unbranched alkanes of at least 4 members (excludes halogenated alkanes) is 1. The van der Waals surface area contributed by atoms with Crippen molar-refractivity contribution in [2.45, 2.75) is 26.2 Å². The SMILES string of the molecule is CCCCN(CCCN(C)C)S(=O)(=O)O. The maximum Gasteiger partial charge on any atom is 0.335 e. The van der Waals surface area contributed by atoms with Crippen molar-refractivity contribution in [1.29, 1.82) is 0 Å². The van der Waals surface area contributed by atoms with Gasteiger partial charge in [-0.1, -0.05) is 13.3 Å². The summed E-state index contributed by atoms with van der Waals surface area (Å²) in [7, 11) is -0.152. The third kappa shape index (κ3) is 7.72. The highest BCUT2D eigenvalue weighted by Crippen LogP contribution is 2.02. The van der Waals surface area contributed by atoms with Crippen LogP contribution in [0.5, 0.6) is 0 Å². The van der Waals surface area contributed by atoms with Gasteiger partial charge in [-0.05, 0) is 33.5 Å². The topological polar surface area (TPSA) is 60.9 Å². The van der Waals surface area contributed by atoms with Crippen LogP contribution in [0, 0.1) is 0 Å². The Hall–Kier alpha value is -0.170. The molecule has 0 aromatic rings. The van der Waals surface area contributed by atoms with Crippen molar-refractivity contribution in [3.8, 4) is 0 Å². The molecule has 0 bridgehead atoms. The molecule has 5 nitrogen and oxygen atoms in total. The number of hydrogen-bond donors (Lipinski definition) is 1. The molecular formula is C9H22N2O3S. The van der Waals surface area contributed by atoms with E-state index in [1.54, 1.807) is 0 Å². The third-order valence-corrected chi connectivity index (χ3v) is 3.12. The molecule has 0 amide bonds. The van der Waals surface area contributed by atoms with E-state index in [1.807, 2.05) is 25.9 Å². The van der Waals surface area contributed by atoms with Crippen molar-refractivity contribution in [3.05, 3.63) is 0 Å². The maximum atomic E-state index is 11.0. The Kier molecular flexibility index (Phi) is 7.08. The van der Waals surface area contributed by atoms with E-state index < -0.39 is 10.3 Å². The van der Waals surface area contributed by atoms with Gasteiger partial charge in [0.15, 0.2) is 0 Å². The Labute approximate surface area is 92.9 Å². The van der Waals surface area contributed by atoms with E-state index in [0.717, 1.165) is 30.1 Å². The fourth-order valence-corrected chi connectivity index (χ4v) is 1.96. The lowest BCUT2D eigenvalue weighted by molar-refractivity contribution is 0.319. The molecular weight excluding hydrogens is 216 g/mol. The van der Waals surface area contributed by atoms with Gasteiger partial charge in [-0.2, -0.15) is 12.7 Å². The minimum Gasteiger partial charge on any atom is -0.309 e. The first-order valence-electron chi connectivity index (χ1n) is 5.25. The number of hydrogen-bond acceptors (Lipinski definition) is 3. The molecule has 1 N–H and O–H groups in total. The summed E-state index contributed by atoms with van der Waals surface area (Å²) in [5.74, 6) is 0. The number of nitrogens with zero attached hydrogens (tertiary/aromatic N) is 2. The van der Waals surface area contributed by atoms with Gasteiger partial charge in [-0.3, -0.25) is 4.55 Å². The highest BCUT2D eigenvalue weighted by atomic mass is 32.2. The average Bonchev–Trinajstić information content (AvgIpc) is 2.08. The average molecular weight is 238 g/mol. The zero-order valence-corrected chi connectivity index (χ0v) is 10.6. The van der Waals surface area contributed by atoms with Crippen molar-refractivity contribution >= 4 is 10.3 Å². The lowest BCUT2D eigenvalue weighted by Crippen LogP contribution is -2.33. The van der Waals surface area contributed by atoms with Crippen LogP contribution in [0.15, 0.2) is 0 Å². The molecule has 0 radical (unpaired) electrons. The zero-order valence-electron chi connectivity index (χ0n) is 9.81. The van der Waals surface area contributed by atoms with Crippen LogP contribution in [-0.2, 0) is 10.3 Å². The van der Waals surface area contributed by atoms with E-state index in [-0.39, 0.29) is 0 Å². The van der Waals surface area contributed by atoms with Gasteiger partial charge < -0.3 is 4.90 Å². The molecule has 92 valence electrons. The van der Waals surface area contributed by atoms with Crippen LogP contribution in [0.1, 0.15) is 26.2 Å². The van der Waals surface area contributed by atoms with Crippen LogP contribution >= 0.6 is 0 Å². The largest absolute Gasteiger partial charge is 0.335 e. The normalized spacial score (nSPS) is 12.7. The summed E-state index contributed by atoms with van der Waals surface area (Å²) < 4.78 is 32.1. The highest BCUT2D eigenvalue weighted by molar-refractivity contribution is 7.83. The Morgan fingerprint density at radius 1 is 1.07 bits per heavy atom. The molecule has 0 heterocycles. The highest BCUT2D eigenvalue weighted by Gasteiger charge is 2.17. The van der Waals surface area contributed by atoms with E-state index in [2.05, 4.69) is 0 Å². The smallest absolute Gasteiger partial charge is 0.309 e. The van der Waals surface area contributed by atoms with Gasteiger partial charge in [0.2, 0.25) is 0 Å². The summed E-state index contributed by atoms with van der Waals surface area (Å²) in [6.07, 6.45) is 2.43. The second kappa shape index (κ2) is 7.16. The molecule has 6 heteroatoms. The Bertz CT molecular complexity index is 252. The molecule has 0 saturated carbocycles. The molecule has 0 aliphatic carbocycles. The van der Waals surface area contributed by atoms with Crippen LogP contribution < -0.4 is 0 Å². The van der Waals surface area contributed by atoms with Crippen molar-refractivity contribution in [2.24, 2.45) is 0 Å².